The monoisotopic (exact) mass is 412 g/mol. The molecule has 2 atom stereocenters. The van der Waals surface area contributed by atoms with E-state index in [1.54, 1.807) is 36.7 Å². The average molecular weight is 413 g/mol. The van der Waals surface area contributed by atoms with Crippen LogP contribution < -0.4 is 4.31 Å². The Balaban J connectivity index is 2.18. The first-order valence-electron chi connectivity index (χ1n) is 8.72. The fourth-order valence-electron chi connectivity index (χ4n) is 2.88. The number of halogens is 1. The number of imidazole rings is 1. The van der Waals surface area contributed by atoms with Crippen LogP contribution in [0, 0.1) is 0 Å². The average Bonchev–Trinajstić information content (AvgIpc) is 3.12. The minimum atomic E-state index is -2.54. The minimum absolute atomic E-state index is 0.0681. The maximum Gasteiger partial charge on any atom is 0.305 e. The number of benzene rings is 1. The van der Waals surface area contributed by atoms with Crippen molar-refractivity contribution in [2.45, 2.75) is 45.1 Å². The van der Waals surface area contributed by atoms with Crippen LogP contribution in [0.5, 0.6) is 0 Å². The molecule has 0 amide bonds. The van der Waals surface area contributed by atoms with Gasteiger partial charge < -0.3 is 13.9 Å². The van der Waals surface area contributed by atoms with Crippen LogP contribution in [-0.2, 0) is 20.8 Å². The number of esters is 1. The van der Waals surface area contributed by atoms with Crippen molar-refractivity contribution < 1.29 is 18.3 Å². The minimum Gasteiger partial charge on any atom is -0.755 e. The van der Waals surface area contributed by atoms with Crippen LogP contribution in [0.4, 0.5) is 11.6 Å². The van der Waals surface area contributed by atoms with Crippen molar-refractivity contribution in [2.75, 3.05) is 11.4 Å². The van der Waals surface area contributed by atoms with Crippen molar-refractivity contribution in [3.63, 3.8) is 0 Å². The number of hydrogen-bond donors (Lipinski definition) is 0. The largest absolute Gasteiger partial charge is 0.755 e. The summed E-state index contributed by atoms with van der Waals surface area (Å²) < 4.78 is 31.5. The summed E-state index contributed by atoms with van der Waals surface area (Å²) in [7, 11) is 1.38. The van der Waals surface area contributed by atoms with E-state index in [2.05, 4.69) is 9.72 Å². The Morgan fingerprint density at radius 3 is 2.67 bits per heavy atom. The van der Waals surface area contributed by atoms with Crippen LogP contribution in [0.3, 0.4) is 0 Å². The predicted octanol–water partition coefficient (Wildman–Crippen LogP) is 4.15. The van der Waals surface area contributed by atoms with E-state index in [9.17, 15) is 13.6 Å². The van der Waals surface area contributed by atoms with Gasteiger partial charge in [-0.25, -0.2) is 9.29 Å². The van der Waals surface area contributed by atoms with Crippen molar-refractivity contribution >= 4 is 40.5 Å². The number of aromatic nitrogens is 2. The van der Waals surface area contributed by atoms with E-state index >= 15 is 0 Å². The second-order valence-electron chi connectivity index (χ2n) is 6.01. The second-order valence-corrected chi connectivity index (χ2v) is 7.24. The van der Waals surface area contributed by atoms with Gasteiger partial charge in [0, 0.05) is 29.9 Å². The highest BCUT2D eigenvalue weighted by Crippen LogP contribution is 2.31. The van der Waals surface area contributed by atoms with Crippen LogP contribution >= 0.6 is 11.6 Å². The lowest BCUT2D eigenvalue weighted by Crippen LogP contribution is -2.24. The number of carbonyl (C=O) groups excluding carboxylic acids is 1. The summed E-state index contributed by atoms with van der Waals surface area (Å²) in [6.07, 6.45) is 6.90. The lowest BCUT2D eigenvalue weighted by Gasteiger charge is -2.28. The van der Waals surface area contributed by atoms with Gasteiger partial charge in [-0.3, -0.25) is 9.00 Å². The molecule has 0 bridgehead atoms. The Morgan fingerprint density at radius 2 is 2.07 bits per heavy atom. The summed E-state index contributed by atoms with van der Waals surface area (Å²) >= 11 is 3.36. The highest BCUT2D eigenvalue weighted by atomic mass is 35.5. The van der Waals surface area contributed by atoms with Gasteiger partial charge in [-0.05, 0) is 43.5 Å². The highest BCUT2D eigenvalue weighted by molar-refractivity contribution is 7.81. The third kappa shape index (κ3) is 5.79. The zero-order valence-corrected chi connectivity index (χ0v) is 16.9. The third-order valence-electron chi connectivity index (χ3n) is 4.30. The normalized spacial score (nSPS) is 13.2. The third-order valence-corrected chi connectivity index (χ3v) is 5.22. The van der Waals surface area contributed by atoms with Crippen LogP contribution in [0.1, 0.15) is 45.1 Å². The molecule has 0 saturated heterocycles. The fourth-order valence-corrected chi connectivity index (χ4v) is 3.58. The summed E-state index contributed by atoms with van der Waals surface area (Å²) in [6, 6.07) is 6.60. The van der Waals surface area contributed by atoms with Crippen LogP contribution in [0.15, 0.2) is 36.7 Å². The lowest BCUT2D eigenvalue weighted by molar-refractivity contribution is -0.140. The van der Waals surface area contributed by atoms with Gasteiger partial charge in [-0.2, -0.15) is 0 Å². The molecule has 0 fully saturated rings. The van der Waals surface area contributed by atoms with Crippen LogP contribution in [0.25, 0.3) is 0 Å². The molecule has 0 radical (unpaired) electrons. The summed E-state index contributed by atoms with van der Waals surface area (Å²) in [5.41, 5.74) is 0.459. The van der Waals surface area contributed by atoms with Gasteiger partial charge in [0.05, 0.1) is 24.1 Å². The van der Waals surface area contributed by atoms with E-state index in [1.165, 1.54) is 7.11 Å². The molecule has 0 N–H and O–H groups in total. The van der Waals surface area contributed by atoms with Crippen molar-refractivity contribution in [1.82, 2.24) is 9.55 Å². The maximum absolute atomic E-state index is 11.9. The second kappa shape index (κ2) is 10.4. The van der Waals surface area contributed by atoms with E-state index in [4.69, 9.17) is 11.6 Å². The van der Waals surface area contributed by atoms with Gasteiger partial charge in [-0.15, -0.1) is 0 Å². The number of hydrogen-bond acceptors (Lipinski definition) is 5. The standard InChI is InChI=1S/C18H24ClN3O4S/c1-3-15(6-4-5-7-17(23)26-2)21-13-12-20-18(21)22(27(24)25)16-10-8-14(19)9-11-16/h8-13,15H,3-7H2,1-2H3,(H,24,25)/p-1. The van der Waals surface area contributed by atoms with Gasteiger partial charge >= 0.3 is 5.97 Å². The number of methoxy groups -OCH3 is 1. The molecule has 2 aromatic rings. The molecule has 9 heteroatoms. The first-order valence-corrected chi connectivity index (χ1v) is 10.1. The van der Waals surface area contributed by atoms with Gasteiger partial charge in [0.15, 0.2) is 0 Å². The van der Waals surface area contributed by atoms with Crippen molar-refractivity contribution in [2.24, 2.45) is 0 Å². The molecule has 2 rings (SSSR count). The SMILES string of the molecule is CCC(CCCCC(=O)OC)n1ccnc1N(c1ccc(Cl)cc1)S(=O)[O-]. The van der Waals surface area contributed by atoms with Gasteiger partial charge in [-0.1, -0.05) is 24.9 Å². The Morgan fingerprint density at radius 1 is 1.37 bits per heavy atom. The van der Waals surface area contributed by atoms with Gasteiger partial charge in [0.1, 0.15) is 0 Å². The number of anilines is 2. The molecule has 27 heavy (non-hydrogen) atoms. The van der Waals surface area contributed by atoms with E-state index in [-0.39, 0.29) is 12.0 Å². The molecular formula is C18H23ClN3O4S-. The lowest BCUT2D eigenvalue weighted by atomic mass is 10.1. The number of unbranched alkanes of at least 4 members (excludes halogenated alkanes) is 1. The highest BCUT2D eigenvalue weighted by Gasteiger charge is 2.20. The number of rotatable bonds is 10. The quantitative estimate of drug-likeness (QED) is 0.332. The number of carbonyl (C=O) groups is 1. The molecule has 1 aromatic carbocycles. The van der Waals surface area contributed by atoms with Crippen molar-refractivity contribution in [3.05, 3.63) is 41.7 Å². The van der Waals surface area contributed by atoms with Gasteiger partial charge in [0.25, 0.3) is 0 Å². The molecule has 7 nitrogen and oxygen atoms in total. The molecule has 0 aliphatic rings. The Labute approximate surface area is 166 Å². The van der Waals surface area contributed by atoms with Gasteiger partial charge in [0.2, 0.25) is 5.95 Å². The van der Waals surface area contributed by atoms with E-state index in [1.807, 2.05) is 11.5 Å². The smallest absolute Gasteiger partial charge is 0.305 e. The molecule has 1 aromatic heterocycles. The molecule has 0 saturated carbocycles. The van der Waals surface area contributed by atoms with Crippen molar-refractivity contribution in [3.8, 4) is 0 Å². The predicted molar refractivity (Wildman–Crippen MR) is 105 cm³/mol. The first kappa shape index (κ1) is 21.4. The molecule has 0 spiro atoms. The Hall–Kier alpha value is -1.90. The Kier molecular flexibility index (Phi) is 8.27. The molecule has 0 aliphatic carbocycles. The molecule has 2 unspecified atom stereocenters. The number of nitrogens with zero attached hydrogens (tertiary/aromatic N) is 3. The molecule has 1 heterocycles. The zero-order valence-electron chi connectivity index (χ0n) is 15.3. The van der Waals surface area contributed by atoms with E-state index in [0.29, 0.717) is 23.1 Å². The number of ether oxygens (including phenoxy) is 1. The molecule has 148 valence electrons. The fraction of sp³-hybridized carbons (Fsp3) is 0.444. The maximum atomic E-state index is 11.9. The molecular weight excluding hydrogens is 390 g/mol. The summed E-state index contributed by atoms with van der Waals surface area (Å²) in [4.78, 5) is 15.5. The van der Waals surface area contributed by atoms with Crippen LogP contribution in [-0.4, -0.2) is 31.4 Å². The van der Waals surface area contributed by atoms with E-state index in [0.717, 1.165) is 30.0 Å². The van der Waals surface area contributed by atoms with E-state index < -0.39 is 11.3 Å². The first-order chi connectivity index (χ1) is 13.0. The van der Waals surface area contributed by atoms with Crippen molar-refractivity contribution in [1.29, 1.82) is 0 Å². The summed E-state index contributed by atoms with van der Waals surface area (Å²) in [5.74, 6) is 0.104. The summed E-state index contributed by atoms with van der Waals surface area (Å²) in [6.45, 7) is 2.04. The Bertz CT molecular complexity index is 766. The zero-order chi connectivity index (χ0) is 19.8. The summed E-state index contributed by atoms with van der Waals surface area (Å²) in [5, 5.41) is 0.524. The topological polar surface area (TPSA) is 87.5 Å². The van der Waals surface area contributed by atoms with Crippen LogP contribution in [0.2, 0.25) is 5.02 Å². The molecule has 0 aliphatic heterocycles.